The van der Waals surface area contributed by atoms with Crippen LogP contribution in [0.3, 0.4) is 0 Å². The summed E-state index contributed by atoms with van der Waals surface area (Å²) in [7, 11) is 0. The Kier molecular flexibility index (Phi) is 2.52. The van der Waals surface area contributed by atoms with Crippen molar-refractivity contribution < 1.29 is 4.39 Å². The summed E-state index contributed by atoms with van der Waals surface area (Å²) in [5, 5.41) is 0. The van der Waals surface area contributed by atoms with Gasteiger partial charge in [-0.2, -0.15) is 0 Å². The van der Waals surface area contributed by atoms with Crippen LogP contribution in [0.15, 0.2) is 36.4 Å². The highest BCUT2D eigenvalue weighted by Crippen LogP contribution is 2.32. The van der Waals surface area contributed by atoms with Gasteiger partial charge in [-0.3, -0.25) is 0 Å². The fraction of sp³-hybridized carbons (Fsp3) is 0.0769. The van der Waals surface area contributed by atoms with Crippen molar-refractivity contribution in [2.75, 3.05) is 11.5 Å². The maximum absolute atomic E-state index is 13.0. The largest absolute Gasteiger partial charge is 0.397 e. The lowest BCUT2D eigenvalue weighted by atomic mass is 9.98. The number of nitrogen functional groups attached to an aromatic ring is 2. The van der Waals surface area contributed by atoms with Gasteiger partial charge < -0.3 is 11.5 Å². The Labute approximate surface area is 93.7 Å². The Hall–Kier alpha value is -2.03. The molecule has 2 nitrogen and oxygen atoms in total. The highest BCUT2D eigenvalue weighted by molar-refractivity contribution is 5.85. The molecule has 0 aliphatic heterocycles. The van der Waals surface area contributed by atoms with E-state index in [1.54, 1.807) is 12.1 Å². The van der Waals surface area contributed by atoms with Crippen LogP contribution in [0.25, 0.3) is 11.1 Å². The van der Waals surface area contributed by atoms with Crippen molar-refractivity contribution in [3.05, 3.63) is 47.8 Å². The molecule has 0 unspecified atom stereocenters. The average molecular weight is 216 g/mol. The summed E-state index contributed by atoms with van der Waals surface area (Å²) in [4.78, 5) is 0. The maximum Gasteiger partial charge on any atom is 0.123 e. The Morgan fingerprint density at radius 2 is 1.75 bits per heavy atom. The predicted octanol–water partition coefficient (Wildman–Crippen LogP) is 2.97. The molecule has 0 fully saturated rings. The number of benzene rings is 2. The van der Waals surface area contributed by atoms with Gasteiger partial charge in [0.05, 0.1) is 11.4 Å². The van der Waals surface area contributed by atoms with Crippen molar-refractivity contribution >= 4 is 11.4 Å². The topological polar surface area (TPSA) is 52.0 Å². The zero-order valence-electron chi connectivity index (χ0n) is 9.00. The van der Waals surface area contributed by atoms with Crippen LogP contribution < -0.4 is 11.5 Å². The van der Waals surface area contributed by atoms with E-state index < -0.39 is 0 Å². The lowest BCUT2D eigenvalue weighted by Crippen LogP contribution is -1.97. The minimum Gasteiger partial charge on any atom is -0.397 e. The first-order chi connectivity index (χ1) is 7.59. The molecule has 0 radical (unpaired) electrons. The number of anilines is 2. The number of hydrogen-bond acceptors (Lipinski definition) is 2. The summed E-state index contributed by atoms with van der Waals surface area (Å²) in [6.07, 6.45) is 0. The molecule has 0 heterocycles. The van der Waals surface area contributed by atoms with Gasteiger partial charge >= 0.3 is 0 Å². The summed E-state index contributed by atoms with van der Waals surface area (Å²) in [5.41, 5.74) is 15.3. The second kappa shape index (κ2) is 3.85. The van der Waals surface area contributed by atoms with E-state index in [0.29, 0.717) is 11.4 Å². The molecule has 0 amide bonds. The SMILES string of the molecule is Cc1cc(F)ccc1-c1cccc(N)c1N. The quantitative estimate of drug-likeness (QED) is 0.720. The molecule has 82 valence electrons. The second-order valence-corrected chi connectivity index (χ2v) is 3.77. The first kappa shape index (κ1) is 10.5. The fourth-order valence-electron chi connectivity index (χ4n) is 1.75. The lowest BCUT2D eigenvalue weighted by molar-refractivity contribution is 0.627. The van der Waals surface area contributed by atoms with Crippen molar-refractivity contribution in [1.29, 1.82) is 0 Å². The molecule has 3 heteroatoms. The van der Waals surface area contributed by atoms with Crippen molar-refractivity contribution in [3.63, 3.8) is 0 Å². The van der Waals surface area contributed by atoms with Crippen LogP contribution >= 0.6 is 0 Å². The van der Waals surface area contributed by atoms with Crippen LogP contribution in [-0.2, 0) is 0 Å². The van der Waals surface area contributed by atoms with Gasteiger partial charge in [-0.1, -0.05) is 18.2 Å². The molecule has 2 aromatic rings. The number of aryl methyl sites for hydroxylation is 1. The van der Waals surface area contributed by atoms with Crippen LogP contribution in [0.2, 0.25) is 0 Å². The van der Waals surface area contributed by atoms with Gasteiger partial charge in [0.1, 0.15) is 5.82 Å². The van der Waals surface area contributed by atoms with Crippen LogP contribution in [0.5, 0.6) is 0 Å². The summed E-state index contributed by atoms with van der Waals surface area (Å²) >= 11 is 0. The second-order valence-electron chi connectivity index (χ2n) is 3.77. The minimum atomic E-state index is -0.247. The van der Waals surface area contributed by atoms with Crippen LogP contribution in [-0.4, -0.2) is 0 Å². The Morgan fingerprint density at radius 3 is 2.44 bits per heavy atom. The maximum atomic E-state index is 13.0. The molecule has 0 aliphatic rings. The van der Waals surface area contributed by atoms with E-state index in [2.05, 4.69) is 0 Å². The average Bonchev–Trinajstić information content (AvgIpc) is 2.23. The van der Waals surface area contributed by atoms with Crippen LogP contribution in [0.4, 0.5) is 15.8 Å². The van der Waals surface area contributed by atoms with Gasteiger partial charge in [0.2, 0.25) is 0 Å². The van der Waals surface area contributed by atoms with Gasteiger partial charge in [-0.05, 0) is 36.2 Å². The molecule has 0 saturated carbocycles. The molecule has 0 aromatic heterocycles. The molecular formula is C13H13FN2. The molecule has 2 aromatic carbocycles. The highest BCUT2D eigenvalue weighted by Gasteiger charge is 2.07. The number of halogens is 1. The molecule has 0 aliphatic carbocycles. The standard InChI is InChI=1S/C13H13FN2/c1-8-7-9(14)5-6-10(8)11-3-2-4-12(15)13(11)16/h2-7H,15-16H2,1H3. The van der Waals surface area contributed by atoms with Crippen molar-refractivity contribution in [2.24, 2.45) is 0 Å². The van der Waals surface area contributed by atoms with E-state index in [4.69, 9.17) is 11.5 Å². The monoisotopic (exact) mass is 216 g/mol. The van der Waals surface area contributed by atoms with Crippen LogP contribution in [0, 0.1) is 12.7 Å². The summed E-state index contributed by atoms with van der Waals surface area (Å²) in [5.74, 6) is -0.247. The van der Waals surface area contributed by atoms with E-state index in [0.717, 1.165) is 16.7 Å². The molecule has 16 heavy (non-hydrogen) atoms. The molecule has 4 N–H and O–H groups in total. The van der Waals surface area contributed by atoms with Gasteiger partial charge in [0, 0.05) is 5.56 Å². The van der Waals surface area contributed by atoms with Crippen molar-refractivity contribution in [2.45, 2.75) is 6.92 Å². The fourth-order valence-corrected chi connectivity index (χ4v) is 1.75. The van der Waals surface area contributed by atoms with E-state index >= 15 is 0 Å². The number of rotatable bonds is 1. The van der Waals surface area contributed by atoms with Gasteiger partial charge in [0.25, 0.3) is 0 Å². The van der Waals surface area contributed by atoms with E-state index in [-0.39, 0.29) is 5.82 Å². The number of hydrogen-bond donors (Lipinski definition) is 2. The zero-order chi connectivity index (χ0) is 11.7. The Balaban J connectivity index is 2.63. The van der Waals surface area contributed by atoms with Crippen molar-refractivity contribution in [1.82, 2.24) is 0 Å². The molecule has 0 spiro atoms. The summed E-state index contributed by atoms with van der Waals surface area (Å²) < 4.78 is 13.0. The Bertz CT molecular complexity index is 535. The third-order valence-electron chi connectivity index (χ3n) is 2.62. The minimum absolute atomic E-state index is 0.247. The zero-order valence-corrected chi connectivity index (χ0v) is 9.00. The lowest BCUT2D eigenvalue weighted by Gasteiger charge is -2.10. The number of nitrogens with two attached hydrogens (primary N) is 2. The third kappa shape index (κ3) is 1.72. The van der Waals surface area contributed by atoms with E-state index in [1.807, 2.05) is 19.1 Å². The first-order valence-corrected chi connectivity index (χ1v) is 5.00. The molecule has 2 rings (SSSR count). The summed E-state index contributed by atoms with van der Waals surface area (Å²) in [6, 6.07) is 10.1. The van der Waals surface area contributed by atoms with Gasteiger partial charge in [-0.15, -0.1) is 0 Å². The van der Waals surface area contributed by atoms with E-state index in [9.17, 15) is 4.39 Å². The molecule has 0 bridgehead atoms. The first-order valence-electron chi connectivity index (χ1n) is 5.00. The third-order valence-corrected chi connectivity index (χ3v) is 2.62. The number of para-hydroxylation sites is 1. The summed E-state index contributed by atoms with van der Waals surface area (Å²) in [6.45, 7) is 1.85. The van der Waals surface area contributed by atoms with E-state index in [1.165, 1.54) is 12.1 Å². The normalized spacial score (nSPS) is 10.4. The smallest absolute Gasteiger partial charge is 0.123 e. The van der Waals surface area contributed by atoms with Gasteiger partial charge in [0.15, 0.2) is 0 Å². The molecule has 0 saturated heterocycles. The molecule has 0 atom stereocenters. The predicted molar refractivity (Wildman–Crippen MR) is 65.4 cm³/mol. The van der Waals surface area contributed by atoms with Gasteiger partial charge in [-0.25, -0.2) is 4.39 Å². The van der Waals surface area contributed by atoms with Crippen molar-refractivity contribution in [3.8, 4) is 11.1 Å². The highest BCUT2D eigenvalue weighted by atomic mass is 19.1. The molecular weight excluding hydrogens is 203 g/mol. The van der Waals surface area contributed by atoms with Crippen LogP contribution in [0.1, 0.15) is 5.56 Å². The Morgan fingerprint density at radius 1 is 1.00 bits per heavy atom.